The van der Waals surface area contributed by atoms with Crippen molar-refractivity contribution in [3.63, 3.8) is 0 Å². The summed E-state index contributed by atoms with van der Waals surface area (Å²) in [5.74, 6) is -1.09. The standard InChI is InChI=1S/C28H26BrFN2O5/c1-2-36-28(35)22-26(37-17-19-7-4-3-5-8-19)24-25(32(27(22)34)13-6-14-33)23(29)20(16-31-24)15-18-9-11-21(30)12-10-18/h3-5,7-12,16,33H,2,6,13-15,17H2,1H3. The quantitative estimate of drug-likeness (QED) is 0.270. The number of carbonyl (C=O) groups is 1. The topological polar surface area (TPSA) is 90.7 Å². The Morgan fingerprint density at radius 2 is 1.84 bits per heavy atom. The normalized spacial score (nSPS) is 11.0. The zero-order chi connectivity index (χ0) is 26.4. The van der Waals surface area contributed by atoms with Crippen LogP contribution in [0.2, 0.25) is 0 Å². The molecule has 0 aliphatic carbocycles. The van der Waals surface area contributed by atoms with Gasteiger partial charge in [-0.25, -0.2) is 9.18 Å². The Morgan fingerprint density at radius 1 is 1.11 bits per heavy atom. The molecule has 9 heteroatoms. The van der Waals surface area contributed by atoms with Crippen molar-refractivity contribution in [3.05, 3.63) is 104 Å². The highest BCUT2D eigenvalue weighted by atomic mass is 79.9. The molecule has 0 radical (unpaired) electrons. The second-order valence-corrected chi connectivity index (χ2v) is 9.12. The highest BCUT2D eigenvalue weighted by molar-refractivity contribution is 9.10. The van der Waals surface area contributed by atoms with Gasteiger partial charge >= 0.3 is 5.97 Å². The maximum Gasteiger partial charge on any atom is 0.347 e. The summed E-state index contributed by atoms with van der Waals surface area (Å²) in [6.07, 6.45) is 2.36. The van der Waals surface area contributed by atoms with Gasteiger partial charge in [0.2, 0.25) is 0 Å². The summed E-state index contributed by atoms with van der Waals surface area (Å²) >= 11 is 3.65. The molecule has 1 N–H and O–H groups in total. The zero-order valence-corrected chi connectivity index (χ0v) is 21.8. The number of aryl methyl sites for hydroxylation is 1. The second-order valence-electron chi connectivity index (χ2n) is 8.33. The molecule has 4 rings (SSSR count). The molecule has 4 aromatic rings. The molecule has 37 heavy (non-hydrogen) atoms. The minimum Gasteiger partial charge on any atom is -0.485 e. The second kappa shape index (κ2) is 12.1. The van der Waals surface area contributed by atoms with E-state index in [1.54, 1.807) is 25.3 Å². The van der Waals surface area contributed by atoms with Crippen LogP contribution in [0.3, 0.4) is 0 Å². The molecular weight excluding hydrogens is 543 g/mol. The molecule has 2 heterocycles. The molecule has 0 amide bonds. The highest BCUT2D eigenvalue weighted by Crippen LogP contribution is 2.34. The lowest BCUT2D eigenvalue weighted by Crippen LogP contribution is -2.30. The van der Waals surface area contributed by atoms with Crippen LogP contribution in [0.15, 0.2) is 70.1 Å². The Hall–Kier alpha value is -3.56. The van der Waals surface area contributed by atoms with E-state index in [0.29, 0.717) is 21.9 Å². The fraction of sp³-hybridized carbons (Fsp3) is 0.250. The van der Waals surface area contributed by atoms with Gasteiger partial charge in [-0.1, -0.05) is 42.5 Å². The first kappa shape index (κ1) is 26.5. The predicted molar refractivity (Wildman–Crippen MR) is 141 cm³/mol. The van der Waals surface area contributed by atoms with Crippen LogP contribution in [0, 0.1) is 5.82 Å². The van der Waals surface area contributed by atoms with Gasteiger partial charge in [-0.05, 0) is 58.1 Å². The van der Waals surface area contributed by atoms with Crippen LogP contribution in [0.4, 0.5) is 4.39 Å². The number of aliphatic hydroxyl groups is 1. The van der Waals surface area contributed by atoms with Crippen LogP contribution in [-0.4, -0.2) is 33.8 Å². The van der Waals surface area contributed by atoms with Crippen molar-refractivity contribution >= 4 is 32.9 Å². The third-order valence-corrected chi connectivity index (χ3v) is 6.67. The number of fused-ring (bicyclic) bond motifs is 1. The van der Waals surface area contributed by atoms with E-state index in [9.17, 15) is 19.1 Å². The highest BCUT2D eigenvalue weighted by Gasteiger charge is 2.27. The monoisotopic (exact) mass is 568 g/mol. The third-order valence-electron chi connectivity index (χ3n) is 5.79. The van der Waals surface area contributed by atoms with E-state index in [2.05, 4.69) is 20.9 Å². The Bertz CT molecular complexity index is 1460. The molecule has 0 bridgehead atoms. The van der Waals surface area contributed by atoms with E-state index in [4.69, 9.17) is 9.47 Å². The number of aromatic nitrogens is 2. The number of aliphatic hydroxyl groups excluding tert-OH is 1. The van der Waals surface area contributed by atoms with Gasteiger partial charge in [-0.15, -0.1) is 0 Å². The molecule has 0 saturated carbocycles. The number of halogens is 2. The lowest BCUT2D eigenvalue weighted by Gasteiger charge is -2.19. The molecule has 0 spiro atoms. The number of ether oxygens (including phenoxy) is 2. The maximum absolute atomic E-state index is 13.7. The van der Waals surface area contributed by atoms with Gasteiger partial charge < -0.3 is 19.1 Å². The van der Waals surface area contributed by atoms with E-state index in [1.807, 2.05) is 30.3 Å². The van der Waals surface area contributed by atoms with Crippen LogP contribution < -0.4 is 10.3 Å². The summed E-state index contributed by atoms with van der Waals surface area (Å²) in [5.41, 5.74) is 2.38. The van der Waals surface area contributed by atoms with Gasteiger partial charge in [0.05, 0.1) is 12.1 Å². The Balaban J connectivity index is 1.92. The molecule has 0 unspecified atom stereocenters. The van der Waals surface area contributed by atoms with E-state index >= 15 is 0 Å². The van der Waals surface area contributed by atoms with Crippen molar-refractivity contribution in [3.8, 4) is 5.75 Å². The molecule has 0 saturated heterocycles. The SMILES string of the molecule is CCOC(=O)c1c(OCc2ccccc2)c2ncc(Cc3ccc(F)cc3)c(Br)c2n(CCCO)c1=O. The van der Waals surface area contributed by atoms with E-state index in [1.165, 1.54) is 16.7 Å². The van der Waals surface area contributed by atoms with Crippen molar-refractivity contribution < 1.29 is 23.8 Å². The summed E-state index contributed by atoms with van der Waals surface area (Å²) in [5, 5.41) is 9.47. The average molecular weight is 569 g/mol. The van der Waals surface area contributed by atoms with Crippen molar-refractivity contribution in [2.75, 3.05) is 13.2 Å². The number of esters is 1. The van der Waals surface area contributed by atoms with Crippen molar-refractivity contribution in [1.29, 1.82) is 0 Å². The minimum absolute atomic E-state index is 0.0385. The maximum atomic E-state index is 13.7. The molecule has 2 aromatic heterocycles. The van der Waals surface area contributed by atoms with Crippen molar-refractivity contribution in [1.82, 2.24) is 9.55 Å². The molecule has 2 aromatic carbocycles. The molecule has 7 nitrogen and oxygen atoms in total. The first-order chi connectivity index (χ1) is 17.9. The Morgan fingerprint density at radius 3 is 2.51 bits per heavy atom. The summed E-state index contributed by atoms with van der Waals surface area (Å²) in [6, 6.07) is 15.5. The molecule has 0 aliphatic heterocycles. The number of carbonyl (C=O) groups excluding carboxylic acids is 1. The van der Waals surface area contributed by atoms with Crippen LogP contribution in [0.5, 0.6) is 5.75 Å². The smallest absolute Gasteiger partial charge is 0.347 e. The van der Waals surface area contributed by atoms with Crippen molar-refractivity contribution in [2.45, 2.75) is 32.9 Å². The third kappa shape index (κ3) is 5.89. The molecule has 0 aliphatic rings. The van der Waals surface area contributed by atoms with Gasteiger partial charge in [0.25, 0.3) is 5.56 Å². The Labute approximate surface area is 221 Å². The van der Waals surface area contributed by atoms with Crippen LogP contribution in [0.25, 0.3) is 11.0 Å². The van der Waals surface area contributed by atoms with Crippen molar-refractivity contribution in [2.24, 2.45) is 0 Å². The average Bonchev–Trinajstić information content (AvgIpc) is 2.90. The number of rotatable bonds is 10. The molecule has 0 atom stereocenters. The lowest BCUT2D eigenvalue weighted by molar-refractivity contribution is 0.0518. The van der Waals surface area contributed by atoms with Gasteiger partial charge in [0.1, 0.15) is 17.9 Å². The molecular formula is C28H26BrFN2O5. The van der Waals surface area contributed by atoms with Gasteiger partial charge in [-0.3, -0.25) is 9.78 Å². The van der Waals surface area contributed by atoms with Gasteiger partial charge in [0, 0.05) is 30.2 Å². The summed E-state index contributed by atoms with van der Waals surface area (Å²) in [6.45, 7) is 1.86. The predicted octanol–water partition coefficient (Wildman–Crippen LogP) is 5.03. The largest absolute Gasteiger partial charge is 0.485 e. The number of nitrogens with zero attached hydrogens (tertiary/aromatic N) is 2. The van der Waals surface area contributed by atoms with Crippen LogP contribution in [-0.2, 0) is 24.3 Å². The number of hydrogen-bond acceptors (Lipinski definition) is 6. The van der Waals surface area contributed by atoms with Gasteiger partial charge in [-0.2, -0.15) is 0 Å². The molecule has 0 fully saturated rings. The first-order valence-electron chi connectivity index (χ1n) is 11.9. The summed E-state index contributed by atoms with van der Waals surface area (Å²) in [7, 11) is 0. The van der Waals surface area contributed by atoms with E-state index < -0.39 is 11.5 Å². The number of pyridine rings is 2. The van der Waals surface area contributed by atoms with Gasteiger partial charge in [0.15, 0.2) is 11.3 Å². The Kier molecular flexibility index (Phi) is 8.68. The number of hydrogen-bond donors (Lipinski definition) is 1. The zero-order valence-electron chi connectivity index (χ0n) is 20.2. The number of benzene rings is 2. The molecule has 192 valence electrons. The fourth-order valence-corrected chi connectivity index (χ4v) is 4.67. The van der Waals surface area contributed by atoms with Crippen LogP contribution >= 0.6 is 15.9 Å². The summed E-state index contributed by atoms with van der Waals surface area (Å²) in [4.78, 5) is 31.3. The lowest BCUT2D eigenvalue weighted by atomic mass is 10.0. The summed E-state index contributed by atoms with van der Waals surface area (Å²) < 4.78 is 26.7. The first-order valence-corrected chi connectivity index (χ1v) is 12.7. The van der Waals surface area contributed by atoms with E-state index in [-0.39, 0.29) is 49.9 Å². The minimum atomic E-state index is -0.802. The van der Waals surface area contributed by atoms with Crippen LogP contribution in [0.1, 0.15) is 40.4 Å². The fourth-order valence-electron chi connectivity index (χ4n) is 4.02. The van der Waals surface area contributed by atoms with E-state index in [0.717, 1.165) is 16.7 Å².